The van der Waals surface area contributed by atoms with Crippen molar-refractivity contribution < 1.29 is 4.74 Å². The van der Waals surface area contributed by atoms with Crippen molar-refractivity contribution in [3.8, 4) is 110 Å². The molecule has 35 heteroatoms. The van der Waals surface area contributed by atoms with Gasteiger partial charge in [0.1, 0.15) is 57.4 Å². The number of hydrogen-bond acceptors (Lipinski definition) is 24. The molecule has 0 amide bonds. The first-order valence-electron chi connectivity index (χ1n) is 27.7. The van der Waals surface area contributed by atoms with Crippen molar-refractivity contribution in [2.45, 2.75) is 0 Å². The molecule has 0 saturated carbocycles. The zero-order valence-corrected chi connectivity index (χ0v) is 52.5. The lowest BCUT2D eigenvalue weighted by atomic mass is 10.2. The highest BCUT2D eigenvalue weighted by Crippen LogP contribution is 2.27. The maximum absolute atomic E-state index is 9.10. The molecule has 10 aromatic heterocycles. The van der Waals surface area contributed by atoms with Gasteiger partial charge in [0.25, 0.3) is 0 Å². The second-order valence-corrected chi connectivity index (χ2v) is 20.7. The lowest BCUT2D eigenvalue weighted by Gasteiger charge is -2.06. The van der Waals surface area contributed by atoms with Crippen LogP contribution in [0.1, 0.15) is 16.7 Å². The van der Waals surface area contributed by atoms with Crippen molar-refractivity contribution in [2.75, 3.05) is 7.11 Å². The van der Waals surface area contributed by atoms with Crippen LogP contribution in [0.15, 0.2) is 201 Å². The Morgan fingerprint density at radius 3 is 1.41 bits per heavy atom. The highest BCUT2D eigenvalue weighted by atomic mass is 35.5. The first-order chi connectivity index (χ1) is 46.9. The molecule has 0 bridgehead atoms. The number of tetrazole rings is 5. The van der Waals surface area contributed by atoms with Gasteiger partial charge in [-0.2, -0.15) is 20.9 Å². The Balaban J connectivity index is 0.000000122. The summed E-state index contributed by atoms with van der Waals surface area (Å²) < 4.78 is 6.94. The number of halogens is 4. The van der Waals surface area contributed by atoms with Gasteiger partial charge in [-0.3, -0.25) is 19.6 Å². The first kappa shape index (κ1) is 64.3. The summed E-state index contributed by atoms with van der Waals surface area (Å²) in [6.45, 7) is 0. The Hall–Kier alpha value is -13.3. The maximum Gasteiger partial charge on any atom is 0.223 e. The van der Waals surface area contributed by atoms with Gasteiger partial charge >= 0.3 is 0 Å². The van der Waals surface area contributed by atoms with E-state index < -0.39 is 0 Å². The van der Waals surface area contributed by atoms with E-state index in [-0.39, 0.29) is 0 Å². The van der Waals surface area contributed by atoms with Crippen LogP contribution in [-0.2, 0) is 7.05 Å². The van der Waals surface area contributed by atoms with E-state index in [0.29, 0.717) is 123 Å². The number of rotatable bonds is 11. The van der Waals surface area contributed by atoms with E-state index in [2.05, 4.69) is 125 Å². The van der Waals surface area contributed by atoms with E-state index >= 15 is 0 Å². The number of aryl methyl sites for hydroxylation is 1. The Labute approximate surface area is 561 Å². The minimum atomic E-state index is 0.384. The molecule has 0 spiro atoms. The Morgan fingerprint density at radius 1 is 0.438 bits per heavy atom. The molecule has 0 aliphatic rings. The summed E-state index contributed by atoms with van der Waals surface area (Å²) >= 11 is 23.9. The van der Waals surface area contributed by atoms with Gasteiger partial charge in [-0.05, 0) is 160 Å². The molecule has 0 atom stereocenters. The number of aromatic amines is 1. The van der Waals surface area contributed by atoms with Crippen LogP contribution < -0.4 is 4.74 Å². The number of methoxy groups -OCH3 is 1. The lowest BCUT2D eigenvalue weighted by Crippen LogP contribution is -2.02. The Kier molecular flexibility index (Phi) is 20.6. The molecule has 15 rings (SSSR count). The number of imidazole rings is 1. The molecule has 468 valence electrons. The smallest absolute Gasteiger partial charge is 0.223 e. The van der Waals surface area contributed by atoms with Crippen molar-refractivity contribution >= 4 is 46.4 Å². The van der Waals surface area contributed by atoms with Crippen molar-refractivity contribution in [3.05, 3.63) is 238 Å². The normalized spacial score (nSPS) is 10.4. The van der Waals surface area contributed by atoms with E-state index in [9.17, 15) is 0 Å². The van der Waals surface area contributed by atoms with E-state index in [1.807, 2.05) is 61.6 Å². The predicted molar refractivity (Wildman–Crippen MR) is 346 cm³/mol. The number of nitrogens with zero attached hydrogens (tertiary/aromatic N) is 29. The standard InChI is InChI=1S/C13H7ClN6.C13H10ClN5O.C12H7Cl2N5.C12H9N7.C11H7N7/c14-10-5-4-9(8-15)12(7-10)20-18-13(17-19-20)11-3-1-2-6-16-11;1-20-12-6-5-9(14)8-11(12)19-17-13(16-18-19)10-4-2-3-7-15-10;13-8-4-5-11(9(14)7-8)19-17-12(16-18-19)10-3-1-2-6-15-10;1-18-11(5-6-14-18)12-15-17-19(16-12)10-4-2-3-9(7-10)8-13;12-5-8-2-1-3-9(4-8)18-16-11(15-17-18)10-6-13-7-14-10/h1-7H;2-8H,1H3;1-7H;2-7H,1H3;1-4,6-7H,(H,13,14). The van der Waals surface area contributed by atoms with Gasteiger partial charge in [0.05, 0.1) is 64.9 Å². The molecule has 31 nitrogen and oxygen atoms in total. The van der Waals surface area contributed by atoms with Crippen molar-refractivity contribution in [1.82, 2.24) is 136 Å². The number of nitrogens with one attached hydrogen (secondary N) is 1. The fourth-order valence-corrected chi connectivity index (χ4v) is 9.02. The molecule has 10 heterocycles. The zero-order valence-electron chi connectivity index (χ0n) is 49.4. The van der Waals surface area contributed by atoms with E-state index in [1.54, 1.807) is 158 Å². The topological polar surface area (TPSA) is 384 Å². The Bertz CT molecular complexity index is 5210. The van der Waals surface area contributed by atoms with Crippen LogP contribution in [0.25, 0.3) is 86.0 Å². The summed E-state index contributed by atoms with van der Waals surface area (Å²) in [5.41, 5.74) is 8.00. The van der Waals surface area contributed by atoms with E-state index in [4.69, 9.17) is 66.9 Å². The summed E-state index contributed by atoms with van der Waals surface area (Å²) in [6.07, 6.45) is 9.84. The first-order valence-corrected chi connectivity index (χ1v) is 29.2. The second-order valence-electron chi connectivity index (χ2n) is 19.0. The number of benzene rings is 5. The van der Waals surface area contributed by atoms with Gasteiger partial charge in [-0.1, -0.05) is 76.7 Å². The molecule has 15 aromatic rings. The van der Waals surface area contributed by atoms with Crippen LogP contribution in [0.4, 0.5) is 0 Å². The van der Waals surface area contributed by atoms with Crippen molar-refractivity contribution in [1.29, 1.82) is 15.8 Å². The highest BCUT2D eigenvalue weighted by molar-refractivity contribution is 6.35. The lowest BCUT2D eigenvalue weighted by molar-refractivity contribution is 0.409. The van der Waals surface area contributed by atoms with Gasteiger partial charge < -0.3 is 9.72 Å². The fraction of sp³-hybridized carbons (Fsp3) is 0.0328. The molecular weight excluding hydrogens is 1310 g/mol. The SMILES string of the molecule is COc1ccc(Cl)cc1-n1nnc(-c2ccccn2)n1.Clc1ccc(-n2nnc(-c3ccccn3)n2)c(Cl)c1.Cn1nccc1-c1nnn(-c2cccc(C#N)c2)n1.N#Cc1ccc(Cl)cc1-n1nnc(-c2ccccn2)n1.N#Cc1cccc(-n2nnc(-c3cnc[nH]3)n2)c1. The van der Waals surface area contributed by atoms with Crippen LogP contribution >= 0.6 is 46.4 Å². The molecule has 5 aromatic carbocycles. The summed E-state index contributed by atoms with van der Waals surface area (Å²) in [5, 5.41) is 93.8. The van der Waals surface area contributed by atoms with E-state index in [0.717, 1.165) is 5.69 Å². The number of nitriles is 3. The molecule has 96 heavy (non-hydrogen) atoms. The van der Waals surface area contributed by atoms with Crippen molar-refractivity contribution in [3.63, 3.8) is 0 Å². The summed E-state index contributed by atoms with van der Waals surface area (Å²) in [7, 11) is 3.38. The zero-order chi connectivity index (χ0) is 66.8. The van der Waals surface area contributed by atoms with Crippen LogP contribution in [-0.4, -0.2) is 143 Å². The number of H-pyrrole nitrogens is 1. The van der Waals surface area contributed by atoms with Crippen molar-refractivity contribution in [2.24, 2.45) is 7.05 Å². The van der Waals surface area contributed by atoms with Gasteiger partial charge in [0, 0.05) is 46.9 Å². The van der Waals surface area contributed by atoms with Gasteiger partial charge in [-0.15, -0.1) is 75.0 Å². The third-order valence-electron chi connectivity index (χ3n) is 12.7. The molecule has 1 N–H and O–H groups in total. The largest absolute Gasteiger partial charge is 0.494 e. The third kappa shape index (κ3) is 15.9. The maximum atomic E-state index is 9.10. The summed E-state index contributed by atoms with van der Waals surface area (Å²) in [5.74, 6) is 2.81. The summed E-state index contributed by atoms with van der Waals surface area (Å²) in [6, 6.07) is 53.6. The number of aromatic nitrogens is 27. The molecule has 0 saturated heterocycles. The summed E-state index contributed by atoms with van der Waals surface area (Å²) in [4.78, 5) is 26.0. The van der Waals surface area contributed by atoms with Gasteiger partial charge in [-0.25, -0.2) is 4.98 Å². The van der Waals surface area contributed by atoms with Crippen LogP contribution in [0.2, 0.25) is 20.1 Å². The van der Waals surface area contributed by atoms with Gasteiger partial charge in [0.15, 0.2) is 0 Å². The molecule has 0 radical (unpaired) electrons. The molecular formula is C61H40Cl4N30O. The second kappa shape index (κ2) is 30.7. The molecule has 0 aliphatic carbocycles. The average Bonchev–Trinajstić information content (AvgIpc) is 2.13. The third-order valence-corrected chi connectivity index (χ3v) is 13.7. The minimum Gasteiger partial charge on any atom is -0.494 e. The van der Waals surface area contributed by atoms with E-state index in [1.165, 1.54) is 24.0 Å². The highest BCUT2D eigenvalue weighted by Gasteiger charge is 2.17. The number of ether oxygens (including phenoxy) is 1. The quantitative estimate of drug-likeness (QED) is 0.126. The molecule has 0 fully saturated rings. The monoisotopic (exact) mass is 1350 g/mol. The Morgan fingerprint density at radius 2 is 0.917 bits per heavy atom. The fourth-order valence-electron chi connectivity index (χ4n) is 8.20. The number of pyridine rings is 3. The van der Waals surface area contributed by atoms with Crippen LogP contribution in [0, 0.1) is 34.0 Å². The predicted octanol–water partition coefficient (Wildman–Crippen LogP) is 9.53. The molecule has 0 unspecified atom stereocenters. The van der Waals surface area contributed by atoms with Crippen LogP contribution in [0.3, 0.4) is 0 Å². The average molecular weight is 1350 g/mol. The minimum absolute atomic E-state index is 0.384. The number of hydrogen-bond donors (Lipinski definition) is 1. The van der Waals surface area contributed by atoms with Crippen LogP contribution in [0.5, 0.6) is 5.75 Å². The molecule has 0 aliphatic heterocycles. The van der Waals surface area contributed by atoms with Gasteiger partial charge in [0.2, 0.25) is 29.1 Å².